The summed E-state index contributed by atoms with van der Waals surface area (Å²) in [6.07, 6.45) is 0. The van der Waals surface area contributed by atoms with Crippen LogP contribution >= 0.6 is 0 Å². The van der Waals surface area contributed by atoms with E-state index >= 15 is 0 Å². The van der Waals surface area contributed by atoms with Crippen LogP contribution in [0.5, 0.6) is 0 Å². The van der Waals surface area contributed by atoms with E-state index in [0.29, 0.717) is 0 Å². The smallest absolute Gasteiger partial charge is 2.00 e. The van der Waals surface area contributed by atoms with Gasteiger partial charge < -0.3 is 16.4 Å². The van der Waals surface area contributed by atoms with Crippen LogP contribution in [-0.4, -0.2) is 34.7 Å². The van der Waals surface area contributed by atoms with E-state index < -0.39 is 0 Å². The number of hydrogen-bond acceptors (Lipinski definition) is 0. The predicted octanol–water partition coefficient (Wildman–Crippen LogP) is -1.12. The van der Waals surface area contributed by atoms with Crippen molar-refractivity contribution in [2.24, 2.45) is 0 Å². The molecule has 0 bridgehead atoms. The van der Waals surface area contributed by atoms with Crippen molar-refractivity contribution in [2.45, 2.75) is 0 Å². The molecular weight excluding hydrogens is 161 g/mol. The summed E-state index contributed by atoms with van der Waals surface area (Å²) in [5.74, 6) is 0. The largest absolute Gasteiger partial charge is 3.00 e. The van der Waals surface area contributed by atoms with Gasteiger partial charge in [0.15, 0.2) is 0 Å². The van der Waals surface area contributed by atoms with Gasteiger partial charge in [0.1, 0.15) is 0 Å². The van der Waals surface area contributed by atoms with Crippen molar-refractivity contribution in [3.63, 3.8) is 0 Å². The van der Waals surface area contributed by atoms with E-state index in [1.807, 2.05) is 0 Å². The maximum absolute atomic E-state index is 0. The molecule has 33 valence electrons. The Morgan fingerprint density at radius 2 is 0.500 bits per heavy atom. The van der Waals surface area contributed by atoms with Gasteiger partial charge in [-0.05, 0) is 0 Å². The molecule has 0 unspecified atom stereocenters. The molecule has 0 saturated heterocycles. The third kappa shape index (κ3) is 51.3. The fraction of sp³-hybridized carbons (Fsp3) is 0. The first-order valence-corrected chi connectivity index (χ1v) is 0. The number of hydrogen-bond donors (Lipinski definition) is 0. The van der Waals surface area contributed by atoms with Crippen molar-refractivity contribution in [1.29, 1.82) is 0 Å². The zero-order chi connectivity index (χ0) is 0. The Morgan fingerprint density at radius 1 is 0.500 bits per heavy atom. The molecule has 1 radical (unpaired) electrons. The van der Waals surface area contributed by atoms with E-state index in [-0.39, 0.29) is 67.9 Å². The zero-order valence-corrected chi connectivity index (χ0v) is 6.06. The van der Waals surface area contributed by atoms with E-state index in [0.717, 1.165) is 0 Å². The van der Waals surface area contributed by atoms with Gasteiger partial charge in [0.05, 0.1) is 0 Å². The van der Waals surface area contributed by atoms with Crippen LogP contribution in [0.4, 0.5) is 0 Å². The summed E-state index contributed by atoms with van der Waals surface area (Å²) in [6.45, 7) is 0. The van der Waals surface area contributed by atoms with Crippen LogP contribution in [0.3, 0.4) is 0 Å². The van der Waals surface area contributed by atoms with E-state index in [1.165, 1.54) is 0 Å². The van der Waals surface area contributed by atoms with Crippen LogP contribution in [0.25, 0.3) is 0 Å². The SMILES string of the molecule is [Al+3].[Al+3].[Co].[O-2].[O-2].[O-2]. The average molecular weight is 161 g/mol. The molecule has 0 aliphatic carbocycles. The van der Waals surface area contributed by atoms with E-state index in [9.17, 15) is 0 Å². The van der Waals surface area contributed by atoms with Crippen molar-refractivity contribution in [3.8, 4) is 0 Å². The van der Waals surface area contributed by atoms with Crippen LogP contribution < -0.4 is 0 Å². The van der Waals surface area contributed by atoms with Gasteiger partial charge in [0.2, 0.25) is 0 Å². The molecule has 0 N–H and O–H groups in total. The molecule has 0 heterocycles. The Balaban J connectivity index is 0. The first-order chi connectivity index (χ1) is 0. The summed E-state index contributed by atoms with van der Waals surface area (Å²) in [6, 6.07) is 0. The molecule has 0 amide bonds. The Bertz CT molecular complexity index is 8.75. The van der Waals surface area contributed by atoms with Gasteiger partial charge in [0.25, 0.3) is 0 Å². The van der Waals surface area contributed by atoms with Gasteiger partial charge in [-0.2, -0.15) is 0 Å². The molecule has 0 rings (SSSR count). The monoisotopic (exact) mass is 161 g/mol. The first-order valence-electron chi connectivity index (χ1n) is 0. The van der Waals surface area contributed by atoms with Crippen molar-refractivity contribution >= 4 is 34.7 Å². The Kier molecular flexibility index (Phi) is 2230. The van der Waals surface area contributed by atoms with Gasteiger partial charge in [0, 0.05) is 16.8 Å². The van der Waals surface area contributed by atoms with Gasteiger partial charge in [-0.1, -0.05) is 0 Å². The fourth-order valence-electron chi connectivity index (χ4n) is 0. The van der Waals surface area contributed by atoms with Crippen LogP contribution in [0.15, 0.2) is 0 Å². The van der Waals surface area contributed by atoms with Crippen molar-refractivity contribution in [3.05, 3.63) is 0 Å². The summed E-state index contributed by atoms with van der Waals surface area (Å²) >= 11 is 0. The molecule has 0 aliphatic rings. The van der Waals surface area contributed by atoms with Crippen molar-refractivity contribution in [1.82, 2.24) is 0 Å². The molecule has 3 nitrogen and oxygen atoms in total. The van der Waals surface area contributed by atoms with E-state index in [1.54, 1.807) is 0 Å². The van der Waals surface area contributed by atoms with Crippen LogP contribution in [-0.2, 0) is 33.2 Å². The second-order valence-corrected chi connectivity index (χ2v) is 0. The molecule has 0 fully saturated rings. The minimum Gasteiger partial charge on any atom is -2.00 e. The molecule has 6 heteroatoms. The predicted molar refractivity (Wildman–Crippen MR) is 13.6 cm³/mol. The maximum atomic E-state index is 0. The van der Waals surface area contributed by atoms with Crippen molar-refractivity contribution in [2.75, 3.05) is 0 Å². The summed E-state index contributed by atoms with van der Waals surface area (Å²) in [7, 11) is 0. The molecule has 0 saturated carbocycles. The van der Waals surface area contributed by atoms with Gasteiger partial charge in [-0.25, -0.2) is 0 Å². The van der Waals surface area contributed by atoms with E-state index in [4.69, 9.17) is 0 Å². The summed E-state index contributed by atoms with van der Waals surface area (Å²) in [4.78, 5) is 0. The summed E-state index contributed by atoms with van der Waals surface area (Å²) in [5.41, 5.74) is 0. The zero-order valence-electron chi connectivity index (χ0n) is 2.71. The van der Waals surface area contributed by atoms with Gasteiger partial charge in [-0.15, -0.1) is 0 Å². The van der Waals surface area contributed by atoms with Gasteiger partial charge in [-0.3, -0.25) is 0 Å². The molecule has 0 aromatic heterocycles. The van der Waals surface area contributed by atoms with Crippen molar-refractivity contribution < 1.29 is 33.2 Å². The summed E-state index contributed by atoms with van der Waals surface area (Å²) < 4.78 is 0. The molecule has 0 atom stereocenters. The minimum absolute atomic E-state index is 0. The average Bonchev–Trinajstić information content (AvgIpc) is 0. The maximum Gasteiger partial charge on any atom is 3.00 e. The third-order valence-corrected chi connectivity index (χ3v) is 0. The second kappa shape index (κ2) is 91.0. The molecular formula is Al2CoO3. The molecule has 6 heavy (non-hydrogen) atoms. The Hall–Kier alpha value is 1.45. The fourth-order valence-corrected chi connectivity index (χ4v) is 0. The Morgan fingerprint density at radius 3 is 0.500 bits per heavy atom. The molecule has 0 aromatic carbocycles. The minimum atomic E-state index is 0. The van der Waals surface area contributed by atoms with Gasteiger partial charge >= 0.3 is 34.7 Å². The second-order valence-electron chi connectivity index (χ2n) is 0. The van der Waals surface area contributed by atoms with Crippen LogP contribution in [0.1, 0.15) is 0 Å². The third-order valence-electron chi connectivity index (χ3n) is 0. The molecule has 0 aromatic rings. The van der Waals surface area contributed by atoms with Crippen LogP contribution in [0, 0.1) is 0 Å². The van der Waals surface area contributed by atoms with Crippen LogP contribution in [0.2, 0.25) is 0 Å². The summed E-state index contributed by atoms with van der Waals surface area (Å²) in [5, 5.41) is 0. The topological polar surface area (TPSA) is 85.5 Å². The standard InChI is InChI=1S/2Al.Co.3O/q2*+3;;3*-2. The first kappa shape index (κ1) is 147. The number of rotatable bonds is 0. The molecule has 0 spiro atoms. The molecule has 0 aliphatic heterocycles. The van der Waals surface area contributed by atoms with E-state index in [2.05, 4.69) is 0 Å². The Labute approximate surface area is 67.9 Å². The quantitative estimate of drug-likeness (QED) is 0.403. The normalized spacial score (nSPS) is 0.